The molecule has 1 atom stereocenters. The molecule has 5 N–H and O–H groups in total. The Balaban J connectivity index is 1.65. The SMILES string of the molecule is NC(O)c1ccc(-c2ccccc2Sc2cccc(Cl)c2)cc1NC1CCC(O)CC1. The lowest BCUT2D eigenvalue weighted by molar-refractivity contribution is 0.126. The Labute approximate surface area is 192 Å². The first-order valence-corrected chi connectivity index (χ1v) is 11.7. The number of aliphatic hydroxyl groups excluding tert-OH is 2. The minimum absolute atomic E-state index is 0.209. The molecule has 4 rings (SSSR count). The van der Waals surface area contributed by atoms with E-state index in [2.05, 4.69) is 23.5 Å². The van der Waals surface area contributed by atoms with E-state index >= 15 is 0 Å². The molecule has 0 amide bonds. The summed E-state index contributed by atoms with van der Waals surface area (Å²) in [5, 5.41) is 24.2. The summed E-state index contributed by atoms with van der Waals surface area (Å²) >= 11 is 7.83. The van der Waals surface area contributed by atoms with Gasteiger partial charge in [-0.1, -0.05) is 59.8 Å². The first-order valence-electron chi connectivity index (χ1n) is 10.5. The van der Waals surface area contributed by atoms with Gasteiger partial charge in [-0.15, -0.1) is 0 Å². The molecule has 0 bridgehead atoms. The minimum Gasteiger partial charge on any atom is -0.393 e. The van der Waals surface area contributed by atoms with Crippen LogP contribution < -0.4 is 11.1 Å². The largest absolute Gasteiger partial charge is 0.393 e. The molecular weight excluding hydrogens is 428 g/mol. The van der Waals surface area contributed by atoms with Crippen molar-refractivity contribution in [1.82, 2.24) is 0 Å². The van der Waals surface area contributed by atoms with E-state index in [-0.39, 0.29) is 12.1 Å². The summed E-state index contributed by atoms with van der Waals surface area (Å²) < 4.78 is 0. The van der Waals surface area contributed by atoms with Gasteiger partial charge in [0.2, 0.25) is 0 Å². The van der Waals surface area contributed by atoms with Crippen LogP contribution in [-0.4, -0.2) is 22.4 Å². The van der Waals surface area contributed by atoms with Crippen LogP contribution >= 0.6 is 23.4 Å². The average molecular weight is 455 g/mol. The lowest BCUT2D eigenvalue weighted by Gasteiger charge is -2.28. The fourth-order valence-electron chi connectivity index (χ4n) is 4.00. The molecule has 0 aliphatic heterocycles. The molecule has 6 heteroatoms. The summed E-state index contributed by atoms with van der Waals surface area (Å²) in [6.07, 6.45) is 2.11. The quantitative estimate of drug-likeness (QED) is 0.353. The monoisotopic (exact) mass is 454 g/mol. The second kappa shape index (κ2) is 10.1. The molecule has 4 nitrogen and oxygen atoms in total. The Bertz CT molecular complexity index is 1040. The van der Waals surface area contributed by atoms with Gasteiger partial charge < -0.3 is 21.3 Å². The number of hydrogen-bond acceptors (Lipinski definition) is 5. The summed E-state index contributed by atoms with van der Waals surface area (Å²) in [5.74, 6) is 0. The lowest BCUT2D eigenvalue weighted by Crippen LogP contribution is -2.29. The first kappa shape index (κ1) is 22.2. The molecule has 3 aromatic carbocycles. The molecule has 162 valence electrons. The summed E-state index contributed by atoms with van der Waals surface area (Å²) in [4.78, 5) is 2.20. The van der Waals surface area contributed by atoms with Crippen LogP contribution in [0.3, 0.4) is 0 Å². The first-order chi connectivity index (χ1) is 15.0. The number of aliphatic hydroxyl groups is 2. The zero-order chi connectivity index (χ0) is 21.8. The normalized spacial score (nSPS) is 19.7. The van der Waals surface area contributed by atoms with Crippen molar-refractivity contribution in [2.75, 3.05) is 5.32 Å². The van der Waals surface area contributed by atoms with Crippen molar-refractivity contribution < 1.29 is 10.2 Å². The highest BCUT2D eigenvalue weighted by Crippen LogP contribution is 2.38. The van der Waals surface area contributed by atoms with Gasteiger partial charge in [0.1, 0.15) is 6.23 Å². The predicted molar refractivity (Wildman–Crippen MR) is 128 cm³/mol. The van der Waals surface area contributed by atoms with E-state index in [1.54, 1.807) is 11.8 Å². The fraction of sp³-hybridized carbons (Fsp3) is 0.280. The molecule has 31 heavy (non-hydrogen) atoms. The van der Waals surface area contributed by atoms with Crippen LogP contribution in [0.1, 0.15) is 37.5 Å². The van der Waals surface area contributed by atoms with Crippen molar-refractivity contribution in [3.63, 3.8) is 0 Å². The number of benzene rings is 3. The molecule has 1 aliphatic carbocycles. The Morgan fingerprint density at radius 1 is 0.968 bits per heavy atom. The van der Waals surface area contributed by atoms with Gasteiger partial charge in [0.25, 0.3) is 0 Å². The molecule has 1 unspecified atom stereocenters. The van der Waals surface area contributed by atoms with Crippen molar-refractivity contribution in [3.05, 3.63) is 77.3 Å². The maximum Gasteiger partial charge on any atom is 0.130 e. The number of rotatable bonds is 6. The van der Waals surface area contributed by atoms with Gasteiger partial charge >= 0.3 is 0 Å². The maximum absolute atomic E-state index is 10.1. The van der Waals surface area contributed by atoms with Gasteiger partial charge in [-0.05, 0) is 67.1 Å². The molecule has 1 saturated carbocycles. The molecule has 0 radical (unpaired) electrons. The number of halogens is 1. The van der Waals surface area contributed by atoms with Gasteiger partial charge in [0.05, 0.1) is 6.10 Å². The minimum atomic E-state index is -1.05. The van der Waals surface area contributed by atoms with E-state index in [0.717, 1.165) is 52.3 Å². The number of anilines is 1. The van der Waals surface area contributed by atoms with Gasteiger partial charge in [-0.2, -0.15) is 0 Å². The molecule has 1 aliphatic rings. The van der Waals surface area contributed by atoms with Gasteiger partial charge in [-0.25, -0.2) is 0 Å². The molecular formula is C25H27ClN2O2S. The van der Waals surface area contributed by atoms with Gasteiger partial charge in [0, 0.05) is 32.1 Å². The molecule has 0 saturated heterocycles. The number of nitrogens with two attached hydrogens (primary N) is 1. The van der Waals surface area contributed by atoms with Crippen LogP contribution in [0.2, 0.25) is 5.02 Å². The second-order valence-corrected chi connectivity index (χ2v) is 9.50. The van der Waals surface area contributed by atoms with E-state index in [1.165, 1.54) is 0 Å². The summed E-state index contributed by atoms with van der Waals surface area (Å²) in [6.45, 7) is 0. The highest BCUT2D eigenvalue weighted by Gasteiger charge is 2.21. The summed E-state index contributed by atoms with van der Waals surface area (Å²) in [7, 11) is 0. The topological polar surface area (TPSA) is 78.5 Å². The standard InChI is InChI=1S/C25H27ClN2O2S/c26-17-4-3-5-20(15-17)31-24-7-2-1-6-21(24)16-8-13-22(25(27)30)23(14-16)28-18-9-11-19(29)12-10-18/h1-8,13-15,18-19,25,28-30H,9-12,27H2. The smallest absolute Gasteiger partial charge is 0.130 e. The van der Waals surface area contributed by atoms with Crippen LogP contribution in [0.25, 0.3) is 11.1 Å². The van der Waals surface area contributed by atoms with Gasteiger partial charge in [-0.3, -0.25) is 0 Å². The third kappa shape index (κ3) is 5.62. The van der Waals surface area contributed by atoms with E-state index < -0.39 is 6.23 Å². The zero-order valence-corrected chi connectivity index (χ0v) is 18.7. The van der Waals surface area contributed by atoms with Gasteiger partial charge in [0.15, 0.2) is 0 Å². The van der Waals surface area contributed by atoms with Crippen molar-refractivity contribution in [2.24, 2.45) is 5.73 Å². The third-order valence-electron chi connectivity index (χ3n) is 5.65. The van der Waals surface area contributed by atoms with E-state index in [9.17, 15) is 10.2 Å². The molecule has 0 aromatic heterocycles. The van der Waals surface area contributed by atoms with E-state index in [1.807, 2.05) is 48.5 Å². The fourth-order valence-corrected chi connectivity index (χ4v) is 5.28. The highest BCUT2D eigenvalue weighted by atomic mass is 35.5. The lowest BCUT2D eigenvalue weighted by atomic mass is 9.92. The van der Waals surface area contributed by atoms with Crippen molar-refractivity contribution in [3.8, 4) is 11.1 Å². The van der Waals surface area contributed by atoms with Crippen molar-refractivity contribution >= 4 is 29.1 Å². The second-order valence-electron chi connectivity index (χ2n) is 7.95. The van der Waals surface area contributed by atoms with Crippen LogP contribution in [-0.2, 0) is 0 Å². The predicted octanol–water partition coefficient (Wildman–Crippen LogP) is 5.82. The Morgan fingerprint density at radius 3 is 2.48 bits per heavy atom. The third-order valence-corrected chi connectivity index (χ3v) is 6.95. The highest BCUT2D eigenvalue weighted by molar-refractivity contribution is 7.99. The maximum atomic E-state index is 10.1. The van der Waals surface area contributed by atoms with Crippen LogP contribution in [0.4, 0.5) is 5.69 Å². The zero-order valence-electron chi connectivity index (χ0n) is 17.2. The van der Waals surface area contributed by atoms with Crippen LogP contribution in [0.5, 0.6) is 0 Å². The summed E-state index contributed by atoms with van der Waals surface area (Å²) in [5.41, 5.74) is 9.51. The Hall–Kier alpha value is -2.02. The molecule has 3 aromatic rings. The van der Waals surface area contributed by atoms with E-state index in [4.69, 9.17) is 17.3 Å². The average Bonchev–Trinajstić information content (AvgIpc) is 2.75. The van der Waals surface area contributed by atoms with Crippen molar-refractivity contribution in [1.29, 1.82) is 0 Å². The Kier molecular flexibility index (Phi) is 7.20. The number of nitrogens with one attached hydrogen (secondary N) is 1. The number of hydrogen-bond donors (Lipinski definition) is 4. The van der Waals surface area contributed by atoms with Crippen LogP contribution in [0.15, 0.2) is 76.5 Å². The molecule has 0 heterocycles. The van der Waals surface area contributed by atoms with E-state index in [0.29, 0.717) is 10.6 Å². The molecule has 0 spiro atoms. The molecule has 1 fully saturated rings. The Morgan fingerprint density at radius 2 is 1.74 bits per heavy atom. The van der Waals surface area contributed by atoms with Crippen molar-refractivity contribution in [2.45, 2.75) is 53.8 Å². The summed E-state index contributed by atoms with van der Waals surface area (Å²) in [6, 6.07) is 22.3. The van der Waals surface area contributed by atoms with Crippen LogP contribution in [0, 0.1) is 0 Å².